The van der Waals surface area contributed by atoms with Gasteiger partial charge in [-0.3, -0.25) is 9.59 Å². The van der Waals surface area contributed by atoms with Crippen LogP contribution in [0.15, 0.2) is 24.3 Å². The van der Waals surface area contributed by atoms with Gasteiger partial charge in [-0.05, 0) is 30.5 Å². The summed E-state index contributed by atoms with van der Waals surface area (Å²) in [6.45, 7) is 1.88. The molecule has 2 amide bonds. The van der Waals surface area contributed by atoms with E-state index in [0.717, 1.165) is 37.2 Å². The molecule has 1 aromatic rings. The minimum atomic E-state index is -0.227. The van der Waals surface area contributed by atoms with Crippen LogP contribution in [0.4, 0.5) is 0 Å². The molecule has 1 aliphatic heterocycles. The Kier molecular flexibility index (Phi) is 7.55. The summed E-state index contributed by atoms with van der Waals surface area (Å²) >= 11 is 0. The van der Waals surface area contributed by atoms with Crippen LogP contribution in [0.3, 0.4) is 0 Å². The summed E-state index contributed by atoms with van der Waals surface area (Å²) in [6.07, 6.45) is 4.46. The highest BCUT2D eigenvalue weighted by Crippen LogP contribution is 2.11. The van der Waals surface area contributed by atoms with Gasteiger partial charge in [0.15, 0.2) is 0 Å². The van der Waals surface area contributed by atoms with Crippen molar-refractivity contribution in [3.8, 4) is 5.75 Å². The van der Waals surface area contributed by atoms with E-state index in [9.17, 15) is 9.59 Å². The number of methoxy groups -OCH3 is 1. The minimum absolute atomic E-state index is 0.0279. The molecule has 1 aliphatic rings. The highest BCUT2D eigenvalue weighted by molar-refractivity contribution is 5.79. The molecule has 0 spiro atoms. The molecular formula is C18H26N2O4. The molecule has 1 heterocycles. The molecule has 1 N–H and O–H groups in total. The fourth-order valence-electron chi connectivity index (χ4n) is 2.64. The molecule has 0 saturated carbocycles. The number of nitrogens with one attached hydrogen (secondary N) is 1. The average molecular weight is 334 g/mol. The fraction of sp³-hybridized carbons (Fsp3) is 0.556. The quantitative estimate of drug-likeness (QED) is 0.825. The first-order valence-corrected chi connectivity index (χ1v) is 8.44. The molecule has 0 unspecified atom stereocenters. The Hall–Kier alpha value is -2.08. The highest BCUT2D eigenvalue weighted by atomic mass is 16.5. The van der Waals surface area contributed by atoms with Crippen molar-refractivity contribution < 1.29 is 19.1 Å². The lowest BCUT2D eigenvalue weighted by atomic mass is 10.2. The van der Waals surface area contributed by atoms with E-state index in [1.54, 1.807) is 7.11 Å². The number of carbonyl (C=O) groups is 2. The third-order valence-corrected chi connectivity index (χ3v) is 4.07. The van der Waals surface area contributed by atoms with Crippen molar-refractivity contribution in [2.45, 2.75) is 32.2 Å². The number of rotatable bonds is 7. The second-order valence-electron chi connectivity index (χ2n) is 5.91. The summed E-state index contributed by atoms with van der Waals surface area (Å²) < 4.78 is 10.3. The summed E-state index contributed by atoms with van der Waals surface area (Å²) in [5.74, 6) is 0.523. The van der Waals surface area contributed by atoms with E-state index in [0.29, 0.717) is 6.54 Å². The van der Waals surface area contributed by atoms with Crippen molar-refractivity contribution >= 4 is 11.8 Å². The number of hydrogen-bond donors (Lipinski definition) is 1. The molecule has 0 aliphatic carbocycles. The zero-order valence-corrected chi connectivity index (χ0v) is 14.3. The molecule has 0 atom stereocenters. The van der Waals surface area contributed by atoms with Gasteiger partial charge in [-0.2, -0.15) is 0 Å². The molecule has 2 rings (SSSR count). The summed E-state index contributed by atoms with van der Waals surface area (Å²) in [5.41, 5.74) is 0.977. The first kappa shape index (κ1) is 18.3. The SMILES string of the molecule is COc1ccc(CNC(=O)COCC(=O)N2CCCCCC2)cc1. The Balaban J connectivity index is 1.62. The van der Waals surface area contributed by atoms with Crippen molar-refractivity contribution in [3.05, 3.63) is 29.8 Å². The smallest absolute Gasteiger partial charge is 0.248 e. The second-order valence-corrected chi connectivity index (χ2v) is 5.91. The molecule has 1 saturated heterocycles. The van der Waals surface area contributed by atoms with E-state index >= 15 is 0 Å². The highest BCUT2D eigenvalue weighted by Gasteiger charge is 2.15. The summed E-state index contributed by atoms with van der Waals surface area (Å²) in [5, 5.41) is 2.77. The molecule has 6 heteroatoms. The van der Waals surface area contributed by atoms with E-state index in [-0.39, 0.29) is 25.0 Å². The standard InChI is InChI=1S/C18H26N2O4/c1-23-16-8-6-15(7-9-16)12-19-17(21)13-24-14-18(22)20-10-4-2-3-5-11-20/h6-9H,2-5,10-14H2,1H3,(H,19,21). The lowest BCUT2D eigenvalue weighted by Gasteiger charge is -2.20. The number of benzene rings is 1. The molecule has 0 radical (unpaired) electrons. The van der Waals surface area contributed by atoms with Gasteiger partial charge in [0.05, 0.1) is 7.11 Å². The Morgan fingerprint density at radius 2 is 1.71 bits per heavy atom. The third-order valence-electron chi connectivity index (χ3n) is 4.07. The normalized spacial score (nSPS) is 14.8. The molecule has 1 aromatic carbocycles. The average Bonchev–Trinajstić information content (AvgIpc) is 2.90. The largest absolute Gasteiger partial charge is 0.497 e. The van der Waals surface area contributed by atoms with E-state index < -0.39 is 0 Å². The van der Waals surface area contributed by atoms with Crippen molar-refractivity contribution in [1.82, 2.24) is 10.2 Å². The molecular weight excluding hydrogens is 308 g/mol. The van der Waals surface area contributed by atoms with E-state index in [4.69, 9.17) is 9.47 Å². The zero-order valence-electron chi connectivity index (χ0n) is 14.3. The lowest BCUT2D eigenvalue weighted by Crippen LogP contribution is -2.36. The zero-order chi connectivity index (χ0) is 17.2. The predicted molar refractivity (Wildman–Crippen MR) is 90.7 cm³/mol. The topological polar surface area (TPSA) is 67.9 Å². The van der Waals surface area contributed by atoms with Gasteiger partial charge in [0.1, 0.15) is 19.0 Å². The van der Waals surface area contributed by atoms with Gasteiger partial charge in [-0.1, -0.05) is 25.0 Å². The van der Waals surface area contributed by atoms with Crippen molar-refractivity contribution in [1.29, 1.82) is 0 Å². The summed E-state index contributed by atoms with van der Waals surface area (Å²) in [4.78, 5) is 25.6. The van der Waals surface area contributed by atoms with Crippen LogP contribution >= 0.6 is 0 Å². The number of ether oxygens (including phenoxy) is 2. The van der Waals surface area contributed by atoms with Gasteiger partial charge < -0.3 is 19.7 Å². The lowest BCUT2D eigenvalue weighted by molar-refractivity contribution is -0.138. The van der Waals surface area contributed by atoms with Crippen LogP contribution in [0, 0.1) is 0 Å². The number of carbonyl (C=O) groups excluding carboxylic acids is 2. The Morgan fingerprint density at radius 3 is 2.33 bits per heavy atom. The molecule has 0 aromatic heterocycles. The Bertz CT molecular complexity index is 522. The van der Waals surface area contributed by atoms with Crippen LogP contribution < -0.4 is 10.1 Å². The van der Waals surface area contributed by atoms with Crippen molar-refractivity contribution in [2.75, 3.05) is 33.4 Å². The fourth-order valence-corrected chi connectivity index (χ4v) is 2.64. The molecule has 6 nitrogen and oxygen atoms in total. The molecule has 24 heavy (non-hydrogen) atoms. The molecule has 0 bridgehead atoms. The summed E-state index contributed by atoms with van der Waals surface area (Å²) in [7, 11) is 1.61. The predicted octanol–water partition coefficient (Wildman–Crippen LogP) is 1.73. The minimum Gasteiger partial charge on any atom is -0.497 e. The van der Waals surface area contributed by atoms with Gasteiger partial charge >= 0.3 is 0 Å². The van der Waals surface area contributed by atoms with Gasteiger partial charge in [-0.25, -0.2) is 0 Å². The second kappa shape index (κ2) is 9.93. The van der Waals surface area contributed by atoms with Gasteiger partial charge in [0.2, 0.25) is 11.8 Å². The Labute approximate surface area is 143 Å². The van der Waals surface area contributed by atoms with Crippen LogP contribution in [0.2, 0.25) is 0 Å². The van der Waals surface area contributed by atoms with Crippen LogP contribution in [0.1, 0.15) is 31.2 Å². The van der Waals surface area contributed by atoms with Crippen LogP contribution in [-0.4, -0.2) is 50.1 Å². The number of hydrogen-bond acceptors (Lipinski definition) is 4. The van der Waals surface area contributed by atoms with Crippen LogP contribution in [0.5, 0.6) is 5.75 Å². The maximum atomic E-state index is 12.0. The molecule has 1 fully saturated rings. The van der Waals surface area contributed by atoms with E-state index in [1.165, 1.54) is 12.8 Å². The number of likely N-dealkylation sites (tertiary alicyclic amines) is 1. The maximum absolute atomic E-state index is 12.0. The first-order valence-electron chi connectivity index (χ1n) is 8.44. The number of nitrogens with zero attached hydrogens (tertiary/aromatic N) is 1. The van der Waals surface area contributed by atoms with Gasteiger partial charge in [0.25, 0.3) is 0 Å². The maximum Gasteiger partial charge on any atom is 0.248 e. The van der Waals surface area contributed by atoms with Crippen LogP contribution in [0.25, 0.3) is 0 Å². The van der Waals surface area contributed by atoms with E-state index in [2.05, 4.69) is 5.32 Å². The van der Waals surface area contributed by atoms with Crippen molar-refractivity contribution in [3.63, 3.8) is 0 Å². The molecule has 132 valence electrons. The van der Waals surface area contributed by atoms with Crippen LogP contribution in [-0.2, 0) is 20.9 Å². The monoisotopic (exact) mass is 334 g/mol. The Morgan fingerprint density at radius 1 is 1.04 bits per heavy atom. The summed E-state index contributed by atoms with van der Waals surface area (Å²) in [6, 6.07) is 7.47. The van der Waals surface area contributed by atoms with Crippen molar-refractivity contribution in [2.24, 2.45) is 0 Å². The van der Waals surface area contributed by atoms with Gasteiger partial charge in [0, 0.05) is 19.6 Å². The first-order chi connectivity index (χ1) is 11.7. The van der Waals surface area contributed by atoms with E-state index in [1.807, 2.05) is 29.2 Å². The van der Waals surface area contributed by atoms with Gasteiger partial charge in [-0.15, -0.1) is 0 Å². The third kappa shape index (κ3) is 6.20. The number of amides is 2.